The minimum Gasteiger partial charge on any atom is -0.309 e. The first-order valence-electron chi connectivity index (χ1n) is 7.80. The minimum atomic E-state index is 0.360. The van der Waals surface area contributed by atoms with Gasteiger partial charge in [0, 0.05) is 5.39 Å². The summed E-state index contributed by atoms with van der Waals surface area (Å²) in [7, 11) is 0. The SMILES string of the molecule is CCNC(c1cc(C)c2ccccc2n1)C(CC)CC. The average molecular weight is 270 g/mol. The van der Waals surface area contributed by atoms with Crippen LogP contribution in [0.4, 0.5) is 0 Å². The van der Waals surface area contributed by atoms with Crippen LogP contribution in [-0.2, 0) is 0 Å². The van der Waals surface area contributed by atoms with E-state index in [9.17, 15) is 0 Å². The molecule has 2 heteroatoms. The molecule has 1 heterocycles. The predicted molar refractivity (Wildman–Crippen MR) is 87.0 cm³/mol. The van der Waals surface area contributed by atoms with Crippen LogP contribution in [0.25, 0.3) is 10.9 Å². The second-order valence-corrected chi connectivity index (χ2v) is 5.49. The minimum absolute atomic E-state index is 0.360. The van der Waals surface area contributed by atoms with Crippen LogP contribution in [0.15, 0.2) is 30.3 Å². The van der Waals surface area contributed by atoms with Crippen LogP contribution < -0.4 is 5.32 Å². The first kappa shape index (κ1) is 15.0. The van der Waals surface area contributed by atoms with E-state index < -0.39 is 0 Å². The van der Waals surface area contributed by atoms with Crippen LogP contribution in [0, 0.1) is 12.8 Å². The molecule has 0 aliphatic carbocycles. The summed E-state index contributed by atoms with van der Waals surface area (Å²) in [6.07, 6.45) is 2.36. The van der Waals surface area contributed by atoms with Gasteiger partial charge in [0.2, 0.25) is 0 Å². The van der Waals surface area contributed by atoms with E-state index in [-0.39, 0.29) is 0 Å². The number of nitrogens with one attached hydrogen (secondary N) is 1. The van der Waals surface area contributed by atoms with Gasteiger partial charge in [-0.05, 0) is 37.1 Å². The molecule has 1 atom stereocenters. The quantitative estimate of drug-likeness (QED) is 0.827. The van der Waals surface area contributed by atoms with Crippen LogP contribution in [0.2, 0.25) is 0 Å². The normalized spacial score (nSPS) is 13.1. The van der Waals surface area contributed by atoms with E-state index in [0.29, 0.717) is 12.0 Å². The second kappa shape index (κ2) is 6.85. The Bertz CT molecular complexity index is 558. The third-order valence-corrected chi connectivity index (χ3v) is 4.21. The van der Waals surface area contributed by atoms with Crippen LogP contribution in [0.3, 0.4) is 0 Å². The van der Waals surface area contributed by atoms with E-state index in [1.165, 1.54) is 29.5 Å². The second-order valence-electron chi connectivity index (χ2n) is 5.49. The molecule has 0 amide bonds. The molecule has 2 nitrogen and oxygen atoms in total. The lowest BCUT2D eigenvalue weighted by Gasteiger charge is -2.26. The van der Waals surface area contributed by atoms with Crippen molar-refractivity contribution in [3.8, 4) is 0 Å². The number of nitrogens with zero attached hydrogens (tertiary/aromatic N) is 1. The maximum atomic E-state index is 4.91. The van der Waals surface area contributed by atoms with E-state index in [1.807, 2.05) is 0 Å². The molecule has 1 N–H and O–H groups in total. The molecule has 0 radical (unpaired) electrons. The largest absolute Gasteiger partial charge is 0.309 e. The van der Waals surface area contributed by atoms with E-state index in [2.05, 4.69) is 63.3 Å². The average Bonchev–Trinajstić information content (AvgIpc) is 2.47. The highest BCUT2D eigenvalue weighted by Crippen LogP contribution is 2.29. The van der Waals surface area contributed by atoms with Crippen LogP contribution in [0.5, 0.6) is 0 Å². The first-order valence-corrected chi connectivity index (χ1v) is 7.80. The molecule has 0 aliphatic rings. The fraction of sp³-hybridized carbons (Fsp3) is 0.500. The van der Waals surface area contributed by atoms with Gasteiger partial charge in [-0.1, -0.05) is 51.8 Å². The van der Waals surface area contributed by atoms with Crippen molar-refractivity contribution in [2.45, 2.75) is 46.6 Å². The van der Waals surface area contributed by atoms with E-state index in [1.54, 1.807) is 0 Å². The summed E-state index contributed by atoms with van der Waals surface area (Å²) < 4.78 is 0. The first-order chi connectivity index (χ1) is 9.71. The van der Waals surface area contributed by atoms with Gasteiger partial charge in [0.25, 0.3) is 0 Å². The highest BCUT2D eigenvalue weighted by Gasteiger charge is 2.21. The van der Waals surface area contributed by atoms with Gasteiger partial charge in [-0.25, -0.2) is 0 Å². The van der Waals surface area contributed by atoms with E-state index >= 15 is 0 Å². The van der Waals surface area contributed by atoms with Gasteiger partial charge in [-0.2, -0.15) is 0 Å². The van der Waals surface area contributed by atoms with Gasteiger partial charge in [-0.15, -0.1) is 0 Å². The Morgan fingerprint density at radius 2 is 1.80 bits per heavy atom. The van der Waals surface area contributed by atoms with Crippen molar-refractivity contribution in [2.24, 2.45) is 5.92 Å². The number of pyridine rings is 1. The summed E-state index contributed by atoms with van der Waals surface area (Å²) in [6, 6.07) is 11.0. The zero-order valence-corrected chi connectivity index (χ0v) is 13.1. The van der Waals surface area contributed by atoms with E-state index in [4.69, 9.17) is 4.98 Å². The Kier molecular flexibility index (Phi) is 5.13. The number of rotatable bonds is 6. The van der Waals surface area contributed by atoms with Crippen molar-refractivity contribution in [2.75, 3.05) is 6.54 Å². The molecular weight excluding hydrogens is 244 g/mol. The van der Waals surface area contributed by atoms with Crippen LogP contribution >= 0.6 is 0 Å². The summed E-state index contributed by atoms with van der Waals surface area (Å²) >= 11 is 0. The molecule has 0 saturated heterocycles. The number of benzene rings is 1. The third kappa shape index (κ3) is 3.01. The summed E-state index contributed by atoms with van der Waals surface area (Å²) in [5.74, 6) is 0.642. The number of para-hydroxylation sites is 1. The van der Waals surface area contributed by atoms with Gasteiger partial charge in [0.1, 0.15) is 0 Å². The third-order valence-electron chi connectivity index (χ3n) is 4.21. The lowest BCUT2D eigenvalue weighted by molar-refractivity contribution is 0.341. The molecule has 0 spiro atoms. The molecule has 108 valence electrons. The molecule has 0 fully saturated rings. The Hall–Kier alpha value is -1.41. The van der Waals surface area contributed by atoms with Crippen molar-refractivity contribution in [1.82, 2.24) is 10.3 Å². The summed E-state index contributed by atoms with van der Waals surface area (Å²) in [5.41, 5.74) is 3.62. The van der Waals surface area contributed by atoms with Gasteiger partial charge >= 0.3 is 0 Å². The summed E-state index contributed by atoms with van der Waals surface area (Å²) in [4.78, 5) is 4.91. The number of fused-ring (bicyclic) bond motifs is 1. The zero-order chi connectivity index (χ0) is 14.5. The number of hydrogen-bond donors (Lipinski definition) is 1. The molecule has 1 unspecified atom stereocenters. The predicted octanol–water partition coefficient (Wildman–Crippen LogP) is 4.63. The highest BCUT2D eigenvalue weighted by molar-refractivity contribution is 5.82. The van der Waals surface area contributed by atoms with Gasteiger partial charge in [0.15, 0.2) is 0 Å². The maximum Gasteiger partial charge on any atom is 0.0708 e. The molecule has 0 saturated carbocycles. The number of hydrogen-bond acceptors (Lipinski definition) is 2. The summed E-state index contributed by atoms with van der Waals surface area (Å²) in [5, 5.41) is 4.89. The molecule has 2 rings (SSSR count). The number of aryl methyl sites for hydroxylation is 1. The van der Waals surface area contributed by atoms with Crippen molar-refractivity contribution in [3.05, 3.63) is 41.6 Å². The standard InChI is InChI=1S/C18H26N2/c1-5-14(6-2)18(19-7-3)17-12-13(4)15-10-8-9-11-16(15)20-17/h8-12,14,18-19H,5-7H2,1-4H3. The fourth-order valence-corrected chi connectivity index (χ4v) is 3.03. The Labute approximate surface area is 122 Å². The molecule has 1 aromatic carbocycles. The smallest absolute Gasteiger partial charge is 0.0708 e. The molecule has 2 aromatic rings. The Balaban J connectivity index is 2.47. The lowest BCUT2D eigenvalue weighted by atomic mass is 9.90. The van der Waals surface area contributed by atoms with Gasteiger partial charge in [-0.3, -0.25) is 4.98 Å². The van der Waals surface area contributed by atoms with Crippen LogP contribution in [-0.4, -0.2) is 11.5 Å². The van der Waals surface area contributed by atoms with Crippen molar-refractivity contribution in [3.63, 3.8) is 0 Å². The molecular formula is C18H26N2. The van der Waals surface area contributed by atoms with Crippen molar-refractivity contribution < 1.29 is 0 Å². The van der Waals surface area contributed by atoms with E-state index in [0.717, 1.165) is 12.1 Å². The zero-order valence-electron chi connectivity index (χ0n) is 13.1. The molecule has 1 aromatic heterocycles. The highest BCUT2D eigenvalue weighted by atomic mass is 14.9. The Morgan fingerprint density at radius 3 is 2.45 bits per heavy atom. The maximum absolute atomic E-state index is 4.91. The number of aromatic nitrogens is 1. The Morgan fingerprint density at radius 1 is 1.10 bits per heavy atom. The van der Waals surface area contributed by atoms with Gasteiger partial charge < -0.3 is 5.32 Å². The van der Waals surface area contributed by atoms with Crippen molar-refractivity contribution in [1.29, 1.82) is 0 Å². The fourth-order valence-electron chi connectivity index (χ4n) is 3.03. The van der Waals surface area contributed by atoms with Gasteiger partial charge in [0.05, 0.1) is 17.3 Å². The molecule has 20 heavy (non-hydrogen) atoms. The molecule has 0 bridgehead atoms. The van der Waals surface area contributed by atoms with Crippen LogP contribution in [0.1, 0.15) is 50.9 Å². The topological polar surface area (TPSA) is 24.9 Å². The molecule has 0 aliphatic heterocycles. The lowest BCUT2D eigenvalue weighted by Crippen LogP contribution is -2.28. The monoisotopic (exact) mass is 270 g/mol. The van der Waals surface area contributed by atoms with Crippen molar-refractivity contribution >= 4 is 10.9 Å². The summed E-state index contributed by atoms with van der Waals surface area (Å²) in [6.45, 7) is 9.88.